The Morgan fingerprint density at radius 3 is 2.16 bits per heavy atom. The van der Waals surface area contributed by atoms with Crippen LogP contribution in [0.5, 0.6) is 11.5 Å². The molecule has 2 aromatic carbocycles. The number of carbonyl (C=O) groups excluding carboxylic acids is 1. The number of halogens is 2. The number of nitrogens with one attached hydrogen (secondary N) is 1. The van der Waals surface area contributed by atoms with E-state index >= 15 is 0 Å². The number of ether oxygens (including phenoxy) is 2. The normalized spacial score (nSPS) is 14.1. The summed E-state index contributed by atoms with van der Waals surface area (Å²) in [6.07, 6.45) is 0. The molecule has 38 heavy (non-hydrogen) atoms. The molecular formula is C27H28Cl2N6O3. The summed E-state index contributed by atoms with van der Waals surface area (Å²) in [5.74, 6) is 1.00. The van der Waals surface area contributed by atoms with Crippen molar-refractivity contribution in [2.75, 3.05) is 57.7 Å². The maximum Gasteiger partial charge on any atom is 0.256 e. The van der Waals surface area contributed by atoms with Crippen LogP contribution in [0.4, 0.5) is 11.5 Å². The lowest BCUT2D eigenvalue weighted by atomic mass is 10.1. The molecule has 0 spiro atoms. The fourth-order valence-electron chi connectivity index (χ4n) is 4.54. The number of pyridine rings is 1. The number of hydrogen-bond donors (Lipinski definition) is 1. The Morgan fingerprint density at radius 1 is 0.921 bits per heavy atom. The molecule has 1 aliphatic heterocycles. The van der Waals surface area contributed by atoms with Crippen molar-refractivity contribution in [3.8, 4) is 22.8 Å². The number of likely N-dealkylation sites (N-methyl/N-ethyl adjacent to an activating group) is 1. The van der Waals surface area contributed by atoms with Crippen molar-refractivity contribution in [1.29, 1.82) is 0 Å². The number of piperazine rings is 1. The molecule has 198 valence electrons. The third kappa shape index (κ3) is 4.84. The smallest absolute Gasteiger partial charge is 0.256 e. The average Bonchev–Trinajstić information content (AvgIpc) is 3.23. The second kappa shape index (κ2) is 10.7. The minimum absolute atomic E-state index is 0.248. The number of carbonyl (C=O) groups is 1. The fourth-order valence-corrected chi connectivity index (χ4v) is 5.24. The highest BCUT2D eigenvalue weighted by Crippen LogP contribution is 2.45. The number of amides is 1. The standard InChI is InChI=1S/C27H28Cl2N6O3/c1-33-11-13-35(14-12-33)17-7-5-16(6-8-17)27(36)31-25-18-9-10-19(30-26(18)34(2)32-25)22-23(28)20(37-3)15-21(38-4)24(22)29/h5-10,15H,11-14H2,1-4H3,(H,31,32,36). The van der Waals surface area contributed by atoms with Crippen molar-refractivity contribution in [2.24, 2.45) is 7.05 Å². The summed E-state index contributed by atoms with van der Waals surface area (Å²) in [6.45, 7) is 3.98. The summed E-state index contributed by atoms with van der Waals surface area (Å²) in [5, 5.41) is 8.74. The monoisotopic (exact) mass is 554 g/mol. The third-order valence-electron chi connectivity index (χ3n) is 6.75. The summed E-state index contributed by atoms with van der Waals surface area (Å²) < 4.78 is 12.4. The number of methoxy groups -OCH3 is 2. The molecule has 0 saturated carbocycles. The Kier molecular flexibility index (Phi) is 7.34. The first-order chi connectivity index (χ1) is 18.3. The third-order valence-corrected chi connectivity index (χ3v) is 7.50. The van der Waals surface area contributed by atoms with E-state index < -0.39 is 0 Å². The van der Waals surface area contributed by atoms with Crippen molar-refractivity contribution in [3.05, 3.63) is 58.1 Å². The van der Waals surface area contributed by atoms with Gasteiger partial charge in [0, 0.05) is 56.1 Å². The highest BCUT2D eigenvalue weighted by atomic mass is 35.5. The van der Waals surface area contributed by atoms with Crippen LogP contribution in [0, 0.1) is 0 Å². The summed E-state index contributed by atoms with van der Waals surface area (Å²) in [7, 11) is 6.92. The van der Waals surface area contributed by atoms with E-state index in [4.69, 9.17) is 37.7 Å². The van der Waals surface area contributed by atoms with Gasteiger partial charge in [0.05, 0.1) is 35.3 Å². The van der Waals surface area contributed by atoms with Crippen molar-refractivity contribution in [1.82, 2.24) is 19.7 Å². The lowest BCUT2D eigenvalue weighted by Gasteiger charge is -2.34. The van der Waals surface area contributed by atoms with Gasteiger partial charge < -0.3 is 24.6 Å². The maximum absolute atomic E-state index is 13.1. The molecular weight excluding hydrogens is 527 g/mol. The zero-order chi connectivity index (χ0) is 27.0. The van der Waals surface area contributed by atoms with E-state index in [0.29, 0.717) is 55.2 Å². The van der Waals surface area contributed by atoms with Crippen LogP contribution in [0.3, 0.4) is 0 Å². The maximum atomic E-state index is 13.1. The minimum atomic E-state index is -0.248. The van der Waals surface area contributed by atoms with Gasteiger partial charge in [-0.1, -0.05) is 23.2 Å². The average molecular weight is 555 g/mol. The predicted molar refractivity (Wildman–Crippen MR) is 151 cm³/mol. The summed E-state index contributed by atoms with van der Waals surface area (Å²) in [4.78, 5) is 22.4. The van der Waals surface area contributed by atoms with Crippen molar-refractivity contribution >= 4 is 51.6 Å². The molecule has 1 amide bonds. The lowest BCUT2D eigenvalue weighted by Crippen LogP contribution is -2.44. The first-order valence-corrected chi connectivity index (χ1v) is 12.8. The number of anilines is 2. The van der Waals surface area contributed by atoms with E-state index in [2.05, 4.69) is 27.3 Å². The van der Waals surface area contributed by atoms with Crippen LogP contribution in [0.2, 0.25) is 10.0 Å². The van der Waals surface area contributed by atoms with E-state index in [-0.39, 0.29) is 5.91 Å². The van der Waals surface area contributed by atoms with E-state index in [1.807, 2.05) is 30.3 Å². The number of hydrogen-bond acceptors (Lipinski definition) is 7. The van der Waals surface area contributed by atoms with Crippen LogP contribution in [-0.2, 0) is 7.05 Å². The molecule has 2 aromatic heterocycles. The number of aromatic nitrogens is 3. The number of fused-ring (bicyclic) bond motifs is 1. The minimum Gasteiger partial charge on any atom is -0.495 e. The van der Waals surface area contributed by atoms with Crippen LogP contribution in [0.1, 0.15) is 10.4 Å². The molecule has 4 aromatic rings. The highest BCUT2D eigenvalue weighted by molar-refractivity contribution is 6.41. The van der Waals surface area contributed by atoms with E-state index in [9.17, 15) is 4.79 Å². The van der Waals surface area contributed by atoms with Crippen LogP contribution in [-0.4, -0.2) is 73.0 Å². The largest absolute Gasteiger partial charge is 0.495 e. The molecule has 0 unspecified atom stereocenters. The van der Waals surface area contributed by atoms with Gasteiger partial charge in [0.2, 0.25) is 0 Å². The van der Waals surface area contributed by atoms with Crippen LogP contribution in [0.15, 0.2) is 42.5 Å². The van der Waals surface area contributed by atoms with Crippen LogP contribution >= 0.6 is 23.2 Å². The molecule has 0 atom stereocenters. The Balaban J connectivity index is 1.41. The van der Waals surface area contributed by atoms with E-state index in [1.54, 1.807) is 23.9 Å². The van der Waals surface area contributed by atoms with Crippen LogP contribution in [0.25, 0.3) is 22.3 Å². The molecule has 9 nitrogen and oxygen atoms in total. The number of nitrogens with zero attached hydrogens (tertiary/aromatic N) is 5. The number of rotatable bonds is 6. The molecule has 0 radical (unpaired) electrons. The van der Waals surface area contributed by atoms with Gasteiger partial charge in [-0.05, 0) is 43.4 Å². The molecule has 1 saturated heterocycles. The molecule has 0 bridgehead atoms. The van der Waals surface area contributed by atoms with Gasteiger partial charge in [-0.15, -0.1) is 0 Å². The topological polar surface area (TPSA) is 84.8 Å². The summed E-state index contributed by atoms with van der Waals surface area (Å²) >= 11 is 13.2. The molecule has 11 heteroatoms. The fraction of sp³-hybridized carbons (Fsp3) is 0.296. The molecule has 3 heterocycles. The van der Waals surface area contributed by atoms with E-state index in [0.717, 1.165) is 31.9 Å². The Bertz CT molecular complexity index is 1470. The zero-order valence-electron chi connectivity index (χ0n) is 21.6. The van der Waals surface area contributed by atoms with Gasteiger partial charge in [-0.3, -0.25) is 4.79 Å². The van der Waals surface area contributed by atoms with Gasteiger partial charge in [0.15, 0.2) is 11.5 Å². The first kappa shape index (κ1) is 26.1. The summed E-state index contributed by atoms with van der Waals surface area (Å²) in [6, 6.07) is 12.9. The van der Waals surface area contributed by atoms with Crippen molar-refractivity contribution in [3.63, 3.8) is 0 Å². The van der Waals surface area contributed by atoms with Gasteiger partial charge in [0.25, 0.3) is 5.91 Å². The molecule has 1 aliphatic rings. The number of aryl methyl sites for hydroxylation is 1. The Morgan fingerprint density at radius 2 is 1.55 bits per heavy atom. The molecule has 1 N–H and O–H groups in total. The van der Waals surface area contributed by atoms with Gasteiger partial charge in [-0.25, -0.2) is 9.67 Å². The van der Waals surface area contributed by atoms with Crippen molar-refractivity contribution in [2.45, 2.75) is 0 Å². The van der Waals surface area contributed by atoms with Gasteiger partial charge in [0.1, 0.15) is 11.5 Å². The Hall–Kier alpha value is -3.53. The highest BCUT2D eigenvalue weighted by Gasteiger charge is 2.22. The van der Waals surface area contributed by atoms with Crippen molar-refractivity contribution < 1.29 is 14.3 Å². The second-order valence-electron chi connectivity index (χ2n) is 9.12. The SMILES string of the molecule is COc1cc(OC)c(Cl)c(-c2ccc3c(NC(=O)c4ccc(N5CCN(C)CC5)cc4)nn(C)c3n2)c1Cl. The lowest BCUT2D eigenvalue weighted by molar-refractivity contribution is 0.102. The second-order valence-corrected chi connectivity index (χ2v) is 9.87. The van der Waals surface area contributed by atoms with Crippen LogP contribution < -0.4 is 19.7 Å². The molecule has 5 rings (SSSR count). The molecule has 0 aliphatic carbocycles. The van der Waals surface area contributed by atoms with Gasteiger partial charge >= 0.3 is 0 Å². The Labute approximate surface area is 230 Å². The van der Waals surface area contributed by atoms with E-state index in [1.165, 1.54) is 14.2 Å². The quantitative estimate of drug-likeness (QED) is 0.360. The number of benzene rings is 2. The van der Waals surface area contributed by atoms with Gasteiger partial charge in [-0.2, -0.15) is 5.10 Å². The zero-order valence-corrected chi connectivity index (χ0v) is 23.1. The predicted octanol–water partition coefficient (Wildman–Crippen LogP) is 4.96. The first-order valence-electron chi connectivity index (χ1n) is 12.1. The molecule has 1 fully saturated rings. The summed E-state index contributed by atoms with van der Waals surface area (Å²) in [5.41, 5.74) is 3.22.